The smallest absolute Gasteiger partial charge is 0.194 e. The van der Waals surface area contributed by atoms with Gasteiger partial charge in [-0.3, -0.25) is 0 Å². The van der Waals surface area contributed by atoms with Crippen molar-refractivity contribution in [3.8, 4) is 0 Å². The summed E-state index contributed by atoms with van der Waals surface area (Å²) < 4.78 is 14.0. The Morgan fingerprint density at radius 3 is 2.66 bits per heavy atom. The van der Waals surface area contributed by atoms with Crippen LogP contribution < -0.4 is 5.32 Å². The minimum absolute atomic E-state index is 0.279. The first-order valence-electron chi connectivity index (χ1n) is 11.8. The molecule has 8 nitrogen and oxygen atoms in total. The van der Waals surface area contributed by atoms with Crippen molar-refractivity contribution >= 4 is 5.96 Å². The highest BCUT2D eigenvalue weighted by Crippen LogP contribution is 2.18. The highest BCUT2D eigenvalue weighted by Gasteiger charge is 2.24. The van der Waals surface area contributed by atoms with E-state index in [1.54, 1.807) is 0 Å². The van der Waals surface area contributed by atoms with E-state index in [1.807, 2.05) is 24.6 Å². The van der Waals surface area contributed by atoms with Crippen LogP contribution in [0.1, 0.15) is 49.3 Å². The molecule has 2 fully saturated rings. The van der Waals surface area contributed by atoms with Crippen molar-refractivity contribution in [3.63, 3.8) is 0 Å². The number of guanidine groups is 1. The molecule has 0 radical (unpaired) electrons. The first-order valence-corrected chi connectivity index (χ1v) is 11.8. The van der Waals surface area contributed by atoms with Crippen LogP contribution in [0.15, 0.2) is 35.3 Å². The van der Waals surface area contributed by atoms with Crippen LogP contribution in [0.3, 0.4) is 0 Å². The topological polar surface area (TPSA) is 76.8 Å². The number of rotatable bonds is 7. The van der Waals surface area contributed by atoms with Gasteiger partial charge in [-0.2, -0.15) is 0 Å². The van der Waals surface area contributed by atoms with Crippen molar-refractivity contribution in [2.24, 2.45) is 12.0 Å². The lowest BCUT2D eigenvalue weighted by Crippen LogP contribution is -2.47. The normalized spacial score (nSPS) is 20.5. The Labute approximate surface area is 191 Å². The van der Waals surface area contributed by atoms with E-state index in [9.17, 15) is 0 Å². The molecule has 4 rings (SSSR count). The van der Waals surface area contributed by atoms with E-state index in [0.29, 0.717) is 19.2 Å². The maximum Gasteiger partial charge on any atom is 0.194 e. The fourth-order valence-corrected chi connectivity index (χ4v) is 4.20. The lowest BCUT2D eigenvalue weighted by molar-refractivity contribution is -0.0721. The van der Waals surface area contributed by atoms with Crippen LogP contribution in [-0.4, -0.2) is 64.1 Å². The average Bonchev–Trinajstić information content (AvgIpc) is 3.17. The van der Waals surface area contributed by atoms with Gasteiger partial charge >= 0.3 is 0 Å². The van der Waals surface area contributed by atoms with Gasteiger partial charge in [0.05, 0.1) is 31.9 Å². The van der Waals surface area contributed by atoms with E-state index in [1.165, 1.54) is 18.4 Å². The number of piperidine rings is 1. The standard InChI is InChI=1S/C24H36N6O2/c1-19-27-28-23(29(19)2)17-26-24(25-16-20-8-4-3-5-9-20)30-13-11-21(12-14-30)32-18-22-10-6-7-15-31-22/h3-5,8-9,21-22H,6-7,10-18H2,1-2H3,(H,25,26). The van der Waals surface area contributed by atoms with Gasteiger partial charge in [0.25, 0.3) is 0 Å². The van der Waals surface area contributed by atoms with Gasteiger partial charge < -0.3 is 24.3 Å². The van der Waals surface area contributed by atoms with Crippen molar-refractivity contribution in [2.45, 2.75) is 64.3 Å². The van der Waals surface area contributed by atoms with E-state index >= 15 is 0 Å². The van der Waals surface area contributed by atoms with Crippen molar-refractivity contribution in [1.82, 2.24) is 25.0 Å². The fourth-order valence-electron chi connectivity index (χ4n) is 4.20. The van der Waals surface area contributed by atoms with E-state index < -0.39 is 0 Å². The van der Waals surface area contributed by atoms with E-state index in [2.05, 4.69) is 44.7 Å². The van der Waals surface area contributed by atoms with Gasteiger partial charge in [0.15, 0.2) is 11.8 Å². The summed E-state index contributed by atoms with van der Waals surface area (Å²) in [5.74, 6) is 2.73. The van der Waals surface area contributed by atoms with Gasteiger partial charge in [0.1, 0.15) is 5.82 Å². The molecule has 1 atom stereocenters. The maximum absolute atomic E-state index is 6.19. The van der Waals surface area contributed by atoms with Crippen LogP contribution in [0.5, 0.6) is 0 Å². The van der Waals surface area contributed by atoms with Gasteiger partial charge in [-0.1, -0.05) is 30.3 Å². The molecular formula is C24H36N6O2. The molecule has 0 amide bonds. The molecule has 1 aromatic carbocycles. The summed E-state index contributed by atoms with van der Waals surface area (Å²) in [7, 11) is 1.99. The van der Waals surface area contributed by atoms with Gasteiger partial charge in [-0.15, -0.1) is 10.2 Å². The molecule has 0 aliphatic carbocycles. The summed E-state index contributed by atoms with van der Waals surface area (Å²) in [5.41, 5.74) is 1.20. The molecule has 1 N–H and O–H groups in total. The Balaban J connectivity index is 1.33. The van der Waals surface area contributed by atoms with Crippen LogP contribution in [0, 0.1) is 6.92 Å². The lowest BCUT2D eigenvalue weighted by atomic mass is 10.1. The monoisotopic (exact) mass is 440 g/mol. The first-order chi connectivity index (χ1) is 15.7. The maximum atomic E-state index is 6.19. The van der Waals surface area contributed by atoms with Crippen molar-refractivity contribution < 1.29 is 9.47 Å². The number of hydrogen-bond acceptors (Lipinski definition) is 5. The predicted molar refractivity (Wildman–Crippen MR) is 124 cm³/mol. The second-order valence-corrected chi connectivity index (χ2v) is 8.71. The van der Waals surface area contributed by atoms with Gasteiger partial charge in [-0.25, -0.2) is 4.99 Å². The number of hydrogen-bond donors (Lipinski definition) is 1. The molecule has 2 saturated heterocycles. The highest BCUT2D eigenvalue weighted by molar-refractivity contribution is 5.80. The minimum atomic E-state index is 0.279. The van der Waals surface area contributed by atoms with Gasteiger partial charge in [0.2, 0.25) is 0 Å². The van der Waals surface area contributed by atoms with E-state index in [4.69, 9.17) is 14.5 Å². The molecule has 1 unspecified atom stereocenters. The zero-order valence-electron chi connectivity index (χ0n) is 19.4. The number of aryl methyl sites for hydroxylation is 1. The number of aliphatic imine (C=N–C) groups is 1. The Bertz CT molecular complexity index is 855. The third-order valence-electron chi connectivity index (χ3n) is 6.37. The Hall–Kier alpha value is -2.45. The molecule has 3 heterocycles. The molecule has 0 saturated carbocycles. The number of likely N-dealkylation sites (tertiary alicyclic amines) is 1. The molecule has 2 aliphatic heterocycles. The molecule has 1 aromatic heterocycles. The summed E-state index contributed by atoms with van der Waals surface area (Å²) in [4.78, 5) is 7.26. The number of aromatic nitrogens is 3. The van der Waals surface area contributed by atoms with E-state index in [-0.39, 0.29) is 6.10 Å². The summed E-state index contributed by atoms with van der Waals surface area (Å²) in [6.07, 6.45) is 6.14. The van der Waals surface area contributed by atoms with Gasteiger partial charge in [-0.05, 0) is 44.6 Å². The van der Waals surface area contributed by atoms with E-state index in [0.717, 1.165) is 63.2 Å². The molecule has 32 heavy (non-hydrogen) atoms. The highest BCUT2D eigenvalue weighted by atomic mass is 16.5. The number of nitrogens with zero attached hydrogens (tertiary/aromatic N) is 5. The van der Waals surface area contributed by atoms with Crippen LogP contribution in [0.25, 0.3) is 0 Å². The van der Waals surface area contributed by atoms with Crippen LogP contribution in [0.2, 0.25) is 0 Å². The molecule has 2 aliphatic rings. The summed E-state index contributed by atoms with van der Waals surface area (Å²) in [6, 6.07) is 10.4. The van der Waals surface area contributed by atoms with Crippen molar-refractivity contribution in [2.75, 3.05) is 26.3 Å². The second-order valence-electron chi connectivity index (χ2n) is 8.71. The second kappa shape index (κ2) is 11.4. The molecule has 0 bridgehead atoms. The largest absolute Gasteiger partial charge is 0.376 e. The summed E-state index contributed by atoms with van der Waals surface area (Å²) in [6.45, 7) is 6.66. The average molecular weight is 441 g/mol. The van der Waals surface area contributed by atoms with Crippen molar-refractivity contribution in [1.29, 1.82) is 0 Å². The number of nitrogens with one attached hydrogen (secondary N) is 1. The summed E-state index contributed by atoms with van der Waals surface area (Å²) >= 11 is 0. The van der Waals surface area contributed by atoms with Crippen LogP contribution >= 0.6 is 0 Å². The zero-order valence-corrected chi connectivity index (χ0v) is 19.4. The number of benzene rings is 1. The van der Waals surface area contributed by atoms with Crippen LogP contribution in [0.4, 0.5) is 0 Å². The predicted octanol–water partition coefficient (Wildman–Crippen LogP) is 2.82. The third-order valence-corrected chi connectivity index (χ3v) is 6.37. The molecule has 2 aromatic rings. The third kappa shape index (κ3) is 6.29. The number of ether oxygens (including phenoxy) is 2. The van der Waals surface area contributed by atoms with Crippen molar-refractivity contribution in [3.05, 3.63) is 47.5 Å². The zero-order chi connectivity index (χ0) is 22.2. The molecule has 8 heteroatoms. The minimum Gasteiger partial charge on any atom is -0.376 e. The SMILES string of the molecule is Cc1nnc(CNC(=NCc2ccccc2)N2CCC(OCC3CCCCO3)CC2)n1C. The molecule has 174 valence electrons. The molecular weight excluding hydrogens is 404 g/mol. The Kier molecular flexibility index (Phi) is 8.12. The fraction of sp³-hybridized carbons (Fsp3) is 0.625. The Morgan fingerprint density at radius 2 is 1.97 bits per heavy atom. The quantitative estimate of drug-likeness (QED) is 0.527. The van der Waals surface area contributed by atoms with Gasteiger partial charge in [0, 0.05) is 26.7 Å². The van der Waals surface area contributed by atoms with Crippen LogP contribution in [-0.2, 0) is 29.6 Å². The summed E-state index contributed by atoms with van der Waals surface area (Å²) in [5, 5.41) is 12.0. The molecule has 0 spiro atoms. The lowest BCUT2D eigenvalue weighted by Gasteiger charge is -2.35. The Morgan fingerprint density at radius 1 is 1.16 bits per heavy atom. The first kappa shape index (κ1) is 22.7.